The summed E-state index contributed by atoms with van der Waals surface area (Å²) in [6, 6.07) is 66.5. The monoisotopic (exact) mass is 661 g/mol. The summed E-state index contributed by atoms with van der Waals surface area (Å²) in [4.78, 5) is 15.7. The van der Waals surface area contributed by atoms with Crippen LogP contribution < -0.4 is 0 Å². The largest absolute Gasteiger partial charge is 0.208 e. The average Bonchev–Trinajstić information content (AvgIpc) is 3.23. The van der Waals surface area contributed by atoms with Crippen LogP contribution in [-0.4, -0.2) is 15.0 Å². The van der Waals surface area contributed by atoms with E-state index in [0.717, 1.165) is 49.4 Å². The molecule has 0 radical (unpaired) electrons. The lowest BCUT2D eigenvalue weighted by atomic mass is 9.96. The molecule has 0 spiro atoms. The van der Waals surface area contributed by atoms with E-state index in [1.165, 1.54) is 32.7 Å². The molecule has 242 valence electrons. The molecule has 10 rings (SSSR count). The van der Waals surface area contributed by atoms with E-state index in [2.05, 4.69) is 188 Å². The molecule has 0 fully saturated rings. The quantitative estimate of drug-likeness (QED) is 0.172. The highest BCUT2D eigenvalue weighted by Gasteiger charge is 2.17. The lowest BCUT2D eigenvalue weighted by Crippen LogP contribution is -2.01. The van der Waals surface area contributed by atoms with E-state index in [0.29, 0.717) is 17.5 Å². The number of rotatable bonds is 5. The van der Waals surface area contributed by atoms with E-state index < -0.39 is 0 Å². The number of benzene rings is 9. The lowest BCUT2D eigenvalue weighted by Gasteiger charge is -2.13. The third-order valence-electron chi connectivity index (χ3n) is 10.1. The Morgan fingerprint density at radius 1 is 0.231 bits per heavy atom. The van der Waals surface area contributed by atoms with Crippen LogP contribution in [0.25, 0.3) is 99.5 Å². The molecule has 0 saturated carbocycles. The number of hydrogen-bond donors (Lipinski definition) is 0. The zero-order valence-corrected chi connectivity index (χ0v) is 28.2. The van der Waals surface area contributed by atoms with Crippen molar-refractivity contribution in [1.82, 2.24) is 15.0 Å². The van der Waals surface area contributed by atoms with Gasteiger partial charge in [0.2, 0.25) is 0 Å². The molecule has 52 heavy (non-hydrogen) atoms. The molecule has 0 atom stereocenters. The molecule has 3 heteroatoms. The third-order valence-corrected chi connectivity index (χ3v) is 10.1. The molecule has 9 aromatic carbocycles. The van der Waals surface area contributed by atoms with Gasteiger partial charge in [-0.15, -0.1) is 0 Å². The summed E-state index contributed by atoms with van der Waals surface area (Å²) in [7, 11) is 0. The summed E-state index contributed by atoms with van der Waals surface area (Å²) >= 11 is 0. The van der Waals surface area contributed by atoms with Crippen LogP contribution in [0.15, 0.2) is 188 Å². The summed E-state index contributed by atoms with van der Waals surface area (Å²) in [6.45, 7) is 0. The van der Waals surface area contributed by atoms with E-state index in [1.807, 2.05) is 0 Å². The Hall–Kier alpha value is -6.97. The van der Waals surface area contributed by atoms with Gasteiger partial charge in [-0.2, -0.15) is 0 Å². The first kappa shape index (κ1) is 29.9. The number of hydrogen-bond acceptors (Lipinski definition) is 3. The summed E-state index contributed by atoms with van der Waals surface area (Å²) < 4.78 is 0. The maximum Gasteiger partial charge on any atom is 0.164 e. The smallest absolute Gasteiger partial charge is 0.164 e. The van der Waals surface area contributed by atoms with Gasteiger partial charge in [0.1, 0.15) is 0 Å². The molecule has 10 aromatic rings. The second-order valence-electron chi connectivity index (χ2n) is 13.2. The van der Waals surface area contributed by atoms with Crippen LogP contribution in [0.5, 0.6) is 0 Å². The molecule has 0 unspecified atom stereocenters. The third kappa shape index (κ3) is 5.28. The lowest BCUT2D eigenvalue weighted by molar-refractivity contribution is 1.08. The van der Waals surface area contributed by atoms with Crippen LogP contribution >= 0.6 is 0 Å². The van der Waals surface area contributed by atoms with Crippen molar-refractivity contribution in [1.29, 1.82) is 0 Å². The minimum absolute atomic E-state index is 0.639. The van der Waals surface area contributed by atoms with Gasteiger partial charge in [0.25, 0.3) is 0 Å². The van der Waals surface area contributed by atoms with Crippen molar-refractivity contribution in [3.63, 3.8) is 0 Å². The molecule has 3 nitrogen and oxygen atoms in total. The Balaban J connectivity index is 1.14. The van der Waals surface area contributed by atoms with Gasteiger partial charge >= 0.3 is 0 Å². The minimum atomic E-state index is 0.639. The van der Waals surface area contributed by atoms with E-state index in [-0.39, 0.29) is 0 Å². The average molecular weight is 662 g/mol. The van der Waals surface area contributed by atoms with Gasteiger partial charge in [0, 0.05) is 16.7 Å². The first-order chi connectivity index (χ1) is 25.7. The fourth-order valence-corrected chi connectivity index (χ4v) is 7.48. The molecule has 0 amide bonds. The summed E-state index contributed by atoms with van der Waals surface area (Å²) in [5.74, 6) is 1.94. The standard InChI is InChI=1S/C49H31N3/c1-2-12-32(13-3-1)35-24-25-38-29-36(26-27-37(38)28-35)34-17-10-18-40(30-34)47-50-48(45-23-11-16-33-14-4-6-19-41(33)45)52-49(51-47)46-31-39-15-5-7-20-42(39)43-21-8-9-22-44(43)46/h1-31H. The van der Waals surface area contributed by atoms with Gasteiger partial charge in [0.05, 0.1) is 0 Å². The van der Waals surface area contributed by atoms with Gasteiger partial charge in [0.15, 0.2) is 17.5 Å². The van der Waals surface area contributed by atoms with Crippen molar-refractivity contribution in [3.8, 4) is 56.4 Å². The van der Waals surface area contributed by atoms with Gasteiger partial charge in [-0.3, -0.25) is 0 Å². The second-order valence-corrected chi connectivity index (χ2v) is 13.2. The molecule has 0 aliphatic carbocycles. The highest BCUT2D eigenvalue weighted by molar-refractivity contribution is 6.13. The highest BCUT2D eigenvalue weighted by Crippen LogP contribution is 2.37. The number of aromatic nitrogens is 3. The normalized spacial score (nSPS) is 11.5. The van der Waals surface area contributed by atoms with Crippen molar-refractivity contribution < 1.29 is 0 Å². The Labute approximate surface area is 301 Å². The molecule has 0 aliphatic heterocycles. The number of nitrogens with zero attached hydrogens (tertiary/aromatic N) is 3. The van der Waals surface area contributed by atoms with Gasteiger partial charge in [-0.25, -0.2) is 15.0 Å². The molecule has 0 saturated heterocycles. The van der Waals surface area contributed by atoms with E-state index in [9.17, 15) is 0 Å². The van der Waals surface area contributed by atoms with E-state index in [4.69, 9.17) is 15.0 Å². The summed E-state index contributed by atoms with van der Waals surface area (Å²) in [5, 5.41) is 9.33. The minimum Gasteiger partial charge on any atom is -0.208 e. The van der Waals surface area contributed by atoms with Crippen molar-refractivity contribution in [2.45, 2.75) is 0 Å². The molecular formula is C49H31N3. The molecule has 0 N–H and O–H groups in total. The summed E-state index contributed by atoms with van der Waals surface area (Å²) in [6.07, 6.45) is 0. The van der Waals surface area contributed by atoms with Gasteiger partial charge in [-0.1, -0.05) is 164 Å². The van der Waals surface area contributed by atoms with Crippen LogP contribution in [0.1, 0.15) is 0 Å². The van der Waals surface area contributed by atoms with Crippen molar-refractivity contribution in [2.75, 3.05) is 0 Å². The first-order valence-corrected chi connectivity index (χ1v) is 17.6. The molecule has 1 heterocycles. The van der Waals surface area contributed by atoms with E-state index in [1.54, 1.807) is 0 Å². The first-order valence-electron chi connectivity index (χ1n) is 17.6. The Bertz CT molecular complexity index is 2960. The fourth-order valence-electron chi connectivity index (χ4n) is 7.48. The molecule has 1 aromatic heterocycles. The maximum atomic E-state index is 5.24. The molecular weight excluding hydrogens is 631 g/mol. The Morgan fingerprint density at radius 2 is 0.750 bits per heavy atom. The van der Waals surface area contributed by atoms with Crippen LogP contribution in [-0.2, 0) is 0 Å². The van der Waals surface area contributed by atoms with Crippen molar-refractivity contribution in [2.24, 2.45) is 0 Å². The predicted molar refractivity (Wildman–Crippen MR) is 217 cm³/mol. The van der Waals surface area contributed by atoms with Crippen molar-refractivity contribution in [3.05, 3.63) is 188 Å². The Morgan fingerprint density at radius 3 is 1.54 bits per heavy atom. The number of fused-ring (bicyclic) bond motifs is 5. The molecule has 0 aliphatic rings. The molecule has 0 bridgehead atoms. The zero-order chi connectivity index (χ0) is 34.4. The fraction of sp³-hybridized carbons (Fsp3) is 0. The maximum absolute atomic E-state index is 5.24. The SMILES string of the molecule is c1ccc(-c2ccc3cc(-c4cccc(-c5nc(-c6cccc7ccccc67)nc(-c6cc7ccccc7c7ccccc67)n5)c4)ccc3c2)cc1. The van der Waals surface area contributed by atoms with Crippen LogP contribution in [0.3, 0.4) is 0 Å². The second kappa shape index (κ2) is 12.4. The van der Waals surface area contributed by atoms with Gasteiger partial charge in [-0.05, 0) is 89.6 Å². The summed E-state index contributed by atoms with van der Waals surface area (Å²) in [5.41, 5.74) is 7.59. The predicted octanol–water partition coefficient (Wildman–Crippen LogP) is 12.8. The topological polar surface area (TPSA) is 38.7 Å². The highest BCUT2D eigenvalue weighted by atomic mass is 15.0. The Kier molecular flexibility index (Phi) is 7.14. The van der Waals surface area contributed by atoms with Crippen LogP contribution in [0.2, 0.25) is 0 Å². The van der Waals surface area contributed by atoms with Crippen LogP contribution in [0.4, 0.5) is 0 Å². The zero-order valence-electron chi connectivity index (χ0n) is 28.2. The van der Waals surface area contributed by atoms with E-state index >= 15 is 0 Å². The van der Waals surface area contributed by atoms with Crippen molar-refractivity contribution >= 4 is 43.1 Å². The van der Waals surface area contributed by atoms with Gasteiger partial charge < -0.3 is 0 Å². The van der Waals surface area contributed by atoms with Crippen LogP contribution in [0, 0.1) is 0 Å².